The van der Waals surface area contributed by atoms with Gasteiger partial charge in [0.05, 0.1) is 16.9 Å². The van der Waals surface area contributed by atoms with Gasteiger partial charge >= 0.3 is 6.18 Å². The van der Waals surface area contributed by atoms with Crippen LogP contribution in [0.3, 0.4) is 0 Å². The molecule has 0 aliphatic heterocycles. The zero-order chi connectivity index (χ0) is 14.0. The molecular weight excluding hydrogens is 259 g/mol. The topological polar surface area (TPSA) is 70.9 Å². The fourth-order valence-corrected chi connectivity index (χ4v) is 1.51. The van der Waals surface area contributed by atoms with E-state index in [2.05, 4.69) is 10.3 Å². The predicted octanol–water partition coefficient (Wildman–Crippen LogP) is 2.87. The molecule has 0 atom stereocenters. The zero-order valence-electron chi connectivity index (χ0n) is 9.58. The summed E-state index contributed by atoms with van der Waals surface area (Å²) in [6.07, 6.45) is -2.90. The Balaban J connectivity index is 2.21. The summed E-state index contributed by atoms with van der Waals surface area (Å²) in [6.45, 7) is 0. The Hall–Kier alpha value is -2.44. The molecule has 1 heterocycles. The number of hydrogen-bond donors (Lipinski definition) is 3. The lowest BCUT2D eigenvalue weighted by molar-refractivity contribution is -0.137. The smallest absolute Gasteiger partial charge is 0.397 e. The van der Waals surface area contributed by atoms with Crippen LogP contribution in [0.15, 0.2) is 36.5 Å². The van der Waals surface area contributed by atoms with Gasteiger partial charge in [-0.25, -0.2) is 0 Å². The molecule has 4 N–H and O–H groups in total. The normalized spacial score (nSPS) is 11.3. The van der Waals surface area contributed by atoms with Crippen molar-refractivity contribution in [2.75, 3.05) is 11.1 Å². The number of H-pyrrole nitrogens is 1. The van der Waals surface area contributed by atoms with E-state index in [1.54, 1.807) is 12.3 Å². The number of aromatic nitrogens is 1. The molecule has 0 unspecified atom stereocenters. The molecule has 0 spiro atoms. The molecule has 2 aromatic rings. The monoisotopic (exact) mass is 269 g/mol. The molecule has 0 saturated heterocycles. The van der Waals surface area contributed by atoms with Gasteiger partial charge in [-0.1, -0.05) is 0 Å². The van der Waals surface area contributed by atoms with Crippen LogP contribution in [0.4, 0.5) is 24.5 Å². The van der Waals surface area contributed by atoms with E-state index in [1.165, 1.54) is 6.07 Å². The Bertz CT molecular complexity index is 591. The summed E-state index contributed by atoms with van der Waals surface area (Å²) in [5.41, 5.74) is 4.92. The van der Waals surface area contributed by atoms with Crippen molar-refractivity contribution in [1.29, 1.82) is 0 Å². The van der Waals surface area contributed by atoms with Gasteiger partial charge in [-0.2, -0.15) is 13.2 Å². The number of alkyl halides is 3. The molecule has 0 aliphatic carbocycles. The van der Waals surface area contributed by atoms with Crippen LogP contribution in [-0.2, 0) is 6.18 Å². The van der Waals surface area contributed by atoms with Crippen LogP contribution >= 0.6 is 0 Å². The molecule has 4 nitrogen and oxygen atoms in total. The molecule has 19 heavy (non-hydrogen) atoms. The maximum atomic E-state index is 12.4. The second kappa shape index (κ2) is 4.68. The van der Waals surface area contributed by atoms with E-state index in [4.69, 9.17) is 5.73 Å². The number of aromatic amines is 1. The first-order valence-electron chi connectivity index (χ1n) is 5.29. The average Bonchev–Trinajstić information content (AvgIpc) is 2.84. The number of nitrogens with two attached hydrogens (primary N) is 1. The van der Waals surface area contributed by atoms with Crippen molar-refractivity contribution >= 4 is 17.3 Å². The van der Waals surface area contributed by atoms with Crippen LogP contribution in [0.2, 0.25) is 0 Å². The molecule has 0 bridgehead atoms. The highest BCUT2D eigenvalue weighted by atomic mass is 19.4. The van der Waals surface area contributed by atoms with Gasteiger partial charge in [0.15, 0.2) is 0 Å². The maximum absolute atomic E-state index is 12.4. The number of benzene rings is 1. The first kappa shape index (κ1) is 13.0. The molecule has 1 aromatic carbocycles. The number of halogens is 3. The van der Waals surface area contributed by atoms with Crippen molar-refractivity contribution in [3.63, 3.8) is 0 Å². The van der Waals surface area contributed by atoms with Crippen molar-refractivity contribution in [3.8, 4) is 0 Å². The van der Waals surface area contributed by atoms with Crippen LogP contribution in [0, 0.1) is 0 Å². The number of carbonyl (C=O) groups is 1. The largest absolute Gasteiger partial charge is 0.416 e. The number of anilines is 2. The highest BCUT2D eigenvalue weighted by molar-refractivity contribution is 6.04. The lowest BCUT2D eigenvalue weighted by atomic mass is 10.1. The van der Waals surface area contributed by atoms with E-state index in [0.717, 1.165) is 18.2 Å². The van der Waals surface area contributed by atoms with Gasteiger partial charge in [0.1, 0.15) is 5.69 Å². The van der Waals surface area contributed by atoms with Crippen LogP contribution in [0.5, 0.6) is 0 Å². The van der Waals surface area contributed by atoms with Crippen molar-refractivity contribution in [1.82, 2.24) is 4.98 Å². The lowest BCUT2D eigenvalue weighted by Crippen LogP contribution is -2.14. The highest BCUT2D eigenvalue weighted by Gasteiger charge is 2.30. The van der Waals surface area contributed by atoms with E-state index in [9.17, 15) is 18.0 Å². The summed E-state index contributed by atoms with van der Waals surface area (Å²) in [6, 6.07) is 5.94. The molecular formula is C12H10F3N3O. The fourth-order valence-electron chi connectivity index (χ4n) is 1.51. The van der Waals surface area contributed by atoms with Gasteiger partial charge in [-0.15, -0.1) is 0 Å². The first-order chi connectivity index (χ1) is 8.88. The molecule has 2 rings (SSSR count). The summed E-state index contributed by atoms with van der Waals surface area (Å²) in [5, 5.41) is 2.43. The Morgan fingerprint density at radius 1 is 1.26 bits per heavy atom. The van der Waals surface area contributed by atoms with Crippen molar-refractivity contribution in [2.24, 2.45) is 0 Å². The highest BCUT2D eigenvalue weighted by Crippen LogP contribution is 2.32. The number of amides is 1. The Morgan fingerprint density at radius 2 is 2.00 bits per heavy atom. The molecule has 0 aliphatic rings. The number of rotatable bonds is 2. The summed E-state index contributed by atoms with van der Waals surface area (Å²) >= 11 is 0. The maximum Gasteiger partial charge on any atom is 0.416 e. The average molecular weight is 269 g/mol. The fraction of sp³-hybridized carbons (Fsp3) is 0.0833. The van der Waals surface area contributed by atoms with Crippen LogP contribution in [0.25, 0.3) is 0 Å². The third-order valence-corrected chi connectivity index (χ3v) is 2.47. The third-order valence-electron chi connectivity index (χ3n) is 2.47. The molecule has 7 heteroatoms. The summed E-state index contributed by atoms with van der Waals surface area (Å²) in [7, 11) is 0. The summed E-state index contributed by atoms with van der Waals surface area (Å²) in [5.74, 6) is -0.476. The van der Waals surface area contributed by atoms with E-state index in [-0.39, 0.29) is 11.4 Å². The Kier molecular flexibility index (Phi) is 3.20. The van der Waals surface area contributed by atoms with Gasteiger partial charge < -0.3 is 16.0 Å². The zero-order valence-corrected chi connectivity index (χ0v) is 9.58. The van der Waals surface area contributed by atoms with E-state index < -0.39 is 17.6 Å². The van der Waals surface area contributed by atoms with Gasteiger partial charge in [0.25, 0.3) is 5.91 Å². The number of nitrogen functional groups attached to an aromatic ring is 1. The molecule has 100 valence electrons. The predicted molar refractivity (Wildman–Crippen MR) is 64.6 cm³/mol. The first-order valence-corrected chi connectivity index (χ1v) is 5.29. The number of carbonyl (C=O) groups excluding carboxylic acids is 1. The van der Waals surface area contributed by atoms with Gasteiger partial charge in [0.2, 0.25) is 0 Å². The molecule has 1 aromatic heterocycles. The molecule has 1 amide bonds. The third kappa shape index (κ3) is 2.87. The van der Waals surface area contributed by atoms with Crippen molar-refractivity contribution in [3.05, 3.63) is 47.8 Å². The van der Waals surface area contributed by atoms with Gasteiger partial charge in [0, 0.05) is 6.20 Å². The number of hydrogen-bond acceptors (Lipinski definition) is 2. The molecule has 0 radical (unpaired) electrons. The Labute approximate surface area is 106 Å². The minimum absolute atomic E-state index is 0.132. The number of nitrogens with one attached hydrogen (secondary N) is 2. The van der Waals surface area contributed by atoms with Crippen LogP contribution in [-0.4, -0.2) is 10.9 Å². The van der Waals surface area contributed by atoms with E-state index >= 15 is 0 Å². The molecule has 0 saturated carbocycles. The second-order valence-electron chi connectivity index (χ2n) is 3.84. The summed E-state index contributed by atoms with van der Waals surface area (Å²) < 4.78 is 37.3. The SMILES string of the molecule is Nc1cc(C(F)(F)F)ccc1NC(=O)c1ccc[nH]1. The quantitative estimate of drug-likeness (QED) is 0.733. The standard InChI is InChI=1S/C12H10F3N3O/c13-12(14,15)7-3-4-9(8(16)6-7)18-11(19)10-2-1-5-17-10/h1-6,17H,16H2,(H,18,19). The van der Waals surface area contributed by atoms with E-state index in [0.29, 0.717) is 5.69 Å². The minimum atomic E-state index is -4.46. The van der Waals surface area contributed by atoms with Gasteiger partial charge in [-0.3, -0.25) is 4.79 Å². The van der Waals surface area contributed by atoms with Crippen molar-refractivity contribution in [2.45, 2.75) is 6.18 Å². The lowest BCUT2D eigenvalue weighted by Gasteiger charge is -2.11. The van der Waals surface area contributed by atoms with E-state index in [1.807, 2.05) is 0 Å². The molecule has 0 fully saturated rings. The summed E-state index contributed by atoms with van der Waals surface area (Å²) in [4.78, 5) is 14.4. The minimum Gasteiger partial charge on any atom is -0.397 e. The van der Waals surface area contributed by atoms with Gasteiger partial charge in [-0.05, 0) is 30.3 Å². The van der Waals surface area contributed by atoms with Crippen LogP contribution < -0.4 is 11.1 Å². The second-order valence-corrected chi connectivity index (χ2v) is 3.84. The van der Waals surface area contributed by atoms with Crippen LogP contribution in [0.1, 0.15) is 16.1 Å². The van der Waals surface area contributed by atoms with Crippen molar-refractivity contribution < 1.29 is 18.0 Å². The Morgan fingerprint density at radius 3 is 2.53 bits per heavy atom.